The average molecular weight is 426 g/mol. The first-order valence-corrected chi connectivity index (χ1v) is 8.43. The second-order valence-electron chi connectivity index (χ2n) is 4.99. The van der Waals surface area contributed by atoms with E-state index in [9.17, 15) is 4.79 Å². The molecule has 0 radical (unpaired) electrons. The molecule has 3 aromatic rings. The van der Waals surface area contributed by atoms with Crippen LogP contribution in [0.15, 0.2) is 46.1 Å². The van der Waals surface area contributed by atoms with Gasteiger partial charge >= 0.3 is 0 Å². The van der Waals surface area contributed by atoms with Crippen LogP contribution >= 0.6 is 39.1 Å². The van der Waals surface area contributed by atoms with Crippen molar-refractivity contribution in [2.24, 2.45) is 5.10 Å². The summed E-state index contributed by atoms with van der Waals surface area (Å²) in [6.45, 7) is 1.78. The molecule has 0 saturated heterocycles. The van der Waals surface area contributed by atoms with E-state index in [0.717, 1.165) is 10.0 Å². The minimum absolute atomic E-state index is 0.352. The third kappa shape index (κ3) is 3.45. The number of fused-ring (bicyclic) bond motifs is 1. The summed E-state index contributed by atoms with van der Waals surface area (Å²) in [6, 6.07) is 8.77. The van der Waals surface area contributed by atoms with E-state index in [1.807, 2.05) is 12.1 Å². The van der Waals surface area contributed by atoms with E-state index in [0.29, 0.717) is 27.1 Å². The van der Waals surface area contributed by atoms with Gasteiger partial charge < -0.3 is 0 Å². The lowest BCUT2D eigenvalue weighted by molar-refractivity contribution is 0.0948. The molecule has 3 rings (SSSR count). The van der Waals surface area contributed by atoms with Gasteiger partial charge in [0.05, 0.1) is 22.0 Å². The third-order valence-electron chi connectivity index (χ3n) is 3.30. The van der Waals surface area contributed by atoms with Gasteiger partial charge in [-0.1, -0.05) is 29.3 Å². The summed E-state index contributed by atoms with van der Waals surface area (Å²) in [5.41, 5.74) is 4.96. The Morgan fingerprint density at radius 2 is 2.08 bits per heavy atom. The fraction of sp³-hybridized carbons (Fsp3) is 0.0625. The zero-order valence-corrected chi connectivity index (χ0v) is 15.5. The molecule has 0 saturated carbocycles. The van der Waals surface area contributed by atoms with Crippen molar-refractivity contribution in [1.29, 1.82) is 0 Å². The molecular formula is C16H11BrCl2N4O. The Labute approximate surface area is 156 Å². The molecule has 0 atom stereocenters. The lowest BCUT2D eigenvalue weighted by Gasteiger charge is -2.02. The molecule has 0 aliphatic heterocycles. The lowest BCUT2D eigenvalue weighted by Crippen LogP contribution is -2.20. The highest BCUT2D eigenvalue weighted by molar-refractivity contribution is 9.10. The highest BCUT2D eigenvalue weighted by atomic mass is 79.9. The summed E-state index contributed by atoms with van der Waals surface area (Å²) in [7, 11) is 0. The van der Waals surface area contributed by atoms with E-state index in [2.05, 4.69) is 31.4 Å². The molecular weight excluding hydrogens is 415 g/mol. The molecule has 8 heteroatoms. The molecule has 1 amide bonds. The van der Waals surface area contributed by atoms with E-state index >= 15 is 0 Å². The highest BCUT2D eigenvalue weighted by Crippen LogP contribution is 2.21. The quantitative estimate of drug-likeness (QED) is 0.496. The summed E-state index contributed by atoms with van der Waals surface area (Å²) >= 11 is 15.2. The maximum absolute atomic E-state index is 12.4. The fourth-order valence-corrected chi connectivity index (χ4v) is 2.86. The Morgan fingerprint density at radius 1 is 1.29 bits per heavy atom. The third-order valence-corrected chi connectivity index (χ3v) is 4.50. The number of hydrogen-bond acceptors (Lipinski definition) is 3. The predicted octanol–water partition coefficient (Wildman–Crippen LogP) is 4.48. The topological polar surface area (TPSA) is 58.8 Å². The molecule has 5 nitrogen and oxygen atoms in total. The van der Waals surface area contributed by atoms with Gasteiger partial charge in [0.25, 0.3) is 5.91 Å². The van der Waals surface area contributed by atoms with Gasteiger partial charge in [-0.15, -0.1) is 0 Å². The normalized spacial score (nSPS) is 11.3. The van der Waals surface area contributed by atoms with Gasteiger partial charge in [-0.05, 0) is 52.7 Å². The number of amides is 1. The number of nitrogens with one attached hydrogen (secondary N) is 1. The molecule has 122 valence electrons. The largest absolute Gasteiger partial charge is 0.294 e. The number of hydrogen-bond donors (Lipinski definition) is 1. The van der Waals surface area contributed by atoms with Crippen molar-refractivity contribution in [2.75, 3.05) is 0 Å². The molecule has 0 unspecified atom stereocenters. The van der Waals surface area contributed by atoms with Gasteiger partial charge in [-0.2, -0.15) is 5.10 Å². The van der Waals surface area contributed by atoms with Gasteiger partial charge in [0, 0.05) is 10.7 Å². The summed E-state index contributed by atoms with van der Waals surface area (Å²) < 4.78 is 2.56. The Bertz CT molecular complexity index is 968. The standard InChI is InChI=1S/C16H11BrCl2N4O/c1-9-15(23-8-11(17)3-5-14(23)21-9)16(24)22-20-7-10-2-4-12(18)13(19)6-10/h2-8H,1H3,(H,22,24)/b20-7-. The fourth-order valence-electron chi connectivity index (χ4n) is 2.22. The molecule has 2 heterocycles. The van der Waals surface area contributed by atoms with E-state index in [1.54, 1.807) is 35.7 Å². The molecule has 1 aromatic carbocycles. The molecule has 0 spiro atoms. The van der Waals surface area contributed by atoms with Crippen molar-refractivity contribution >= 4 is 56.9 Å². The van der Waals surface area contributed by atoms with Crippen LogP contribution < -0.4 is 5.43 Å². The van der Waals surface area contributed by atoms with Crippen LogP contribution in [0.4, 0.5) is 0 Å². The SMILES string of the molecule is Cc1nc2ccc(Br)cn2c1C(=O)N/N=C\c1ccc(Cl)c(Cl)c1. The number of aromatic nitrogens is 2. The predicted molar refractivity (Wildman–Crippen MR) is 99.2 cm³/mol. The van der Waals surface area contributed by atoms with Crippen LogP contribution in [0.3, 0.4) is 0 Å². The Balaban J connectivity index is 1.82. The lowest BCUT2D eigenvalue weighted by atomic mass is 10.2. The van der Waals surface area contributed by atoms with Gasteiger partial charge in [0.2, 0.25) is 0 Å². The van der Waals surface area contributed by atoms with Crippen LogP contribution in [0.2, 0.25) is 10.0 Å². The van der Waals surface area contributed by atoms with Crippen LogP contribution in [0.1, 0.15) is 21.7 Å². The zero-order valence-electron chi connectivity index (χ0n) is 12.4. The van der Waals surface area contributed by atoms with Crippen LogP contribution in [-0.4, -0.2) is 21.5 Å². The number of nitrogens with zero attached hydrogens (tertiary/aromatic N) is 3. The first-order valence-electron chi connectivity index (χ1n) is 6.88. The van der Waals surface area contributed by atoms with E-state index in [4.69, 9.17) is 23.2 Å². The molecule has 2 aromatic heterocycles. The summed E-state index contributed by atoms with van der Waals surface area (Å²) in [5, 5.41) is 4.85. The second-order valence-corrected chi connectivity index (χ2v) is 6.72. The first kappa shape index (κ1) is 17.0. The van der Waals surface area contributed by atoms with Crippen molar-refractivity contribution < 1.29 is 4.79 Å². The maximum atomic E-state index is 12.4. The van der Waals surface area contributed by atoms with Crippen molar-refractivity contribution in [1.82, 2.24) is 14.8 Å². The van der Waals surface area contributed by atoms with Crippen molar-refractivity contribution in [3.05, 3.63) is 68.0 Å². The van der Waals surface area contributed by atoms with Crippen molar-refractivity contribution in [2.45, 2.75) is 6.92 Å². The number of carbonyl (C=O) groups is 1. The van der Waals surface area contributed by atoms with E-state index < -0.39 is 0 Å². The van der Waals surface area contributed by atoms with Crippen LogP contribution in [0.5, 0.6) is 0 Å². The zero-order chi connectivity index (χ0) is 17.3. The summed E-state index contributed by atoms with van der Waals surface area (Å²) in [4.78, 5) is 16.8. The Hall–Kier alpha value is -1.89. The molecule has 0 aliphatic rings. The molecule has 0 bridgehead atoms. The van der Waals surface area contributed by atoms with Crippen LogP contribution in [0.25, 0.3) is 5.65 Å². The van der Waals surface area contributed by atoms with Crippen molar-refractivity contribution in [3.63, 3.8) is 0 Å². The van der Waals surface area contributed by atoms with Gasteiger partial charge in [0.1, 0.15) is 11.3 Å². The minimum Gasteiger partial charge on any atom is -0.294 e. The van der Waals surface area contributed by atoms with Crippen molar-refractivity contribution in [3.8, 4) is 0 Å². The monoisotopic (exact) mass is 424 g/mol. The second kappa shape index (κ2) is 6.93. The molecule has 24 heavy (non-hydrogen) atoms. The number of benzene rings is 1. The van der Waals surface area contributed by atoms with E-state index in [-0.39, 0.29) is 5.91 Å². The number of hydrazone groups is 1. The van der Waals surface area contributed by atoms with Gasteiger partial charge in [0.15, 0.2) is 0 Å². The summed E-state index contributed by atoms with van der Waals surface area (Å²) in [5.74, 6) is -0.352. The Morgan fingerprint density at radius 3 is 2.83 bits per heavy atom. The van der Waals surface area contributed by atoms with Gasteiger partial charge in [-0.25, -0.2) is 10.4 Å². The Kier molecular flexibility index (Phi) is 4.89. The number of rotatable bonds is 3. The number of carbonyl (C=O) groups excluding carboxylic acids is 1. The van der Waals surface area contributed by atoms with E-state index in [1.165, 1.54) is 6.21 Å². The number of halogens is 3. The van der Waals surface area contributed by atoms with Crippen LogP contribution in [-0.2, 0) is 0 Å². The smallest absolute Gasteiger partial charge is 0.290 e. The first-order chi connectivity index (χ1) is 11.5. The van der Waals surface area contributed by atoms with Crippen LogP contribution in [0, 0.1) is 6.92 Å². The summed E-state index contributed by atoms with van der Waals surface area (Å²) in [6.07, 6.45) is 3.28. The highest BCUT2D eigenvalue weighted by Gasteiger charge is 2.16. The average Bonchev–Trinajstić information content (AvgIpc) is 2.86. The van der Waals surface area contributed by atoms with Gasteiger partial charge in [-0.3, -0.25) is 9.20 Å². The molecule has 1 N–H and O–H groups in total. The molecule has 0 aliphatic carbocycles. The maximum Gasteiger partial charge on any atom is 0.290 e. The number of pyridine rings is 1. The minimum atomic E-state index is -0.352. The number of aryl methyl sites for hydroxylation is 1. The number of imidazole rings is 1. The molecule has 0 fully saturated rings.